The molecule has 124 valence electrons. The van der Waals surface area contributed by atoms with Crippen molar-refractivity contribution in [1.82, 2.24) is 0 Å². The smallest absolute Gasteiger partial charge is 0.263 e. The Kier molecular flexibility index (Phi) is 5.38. The monoisotopic (exact) mass is 401 g/mol. The number of methoxy groups -OCH3 is 3. The van der Waals surface area contributed by atoms with Gasteiger partial charge < -0.3 is 14.2 Å². The molecule has 0 saturated heterocycles. The van der Waals surface area contributed by atoms with Crippen LogP contribution in [0.2, 0.25) is 0 Å². The second-order valence-corrected chi connectivity index (χ2v) is 6.96. The molecule has 0 amide bonds. The van der Waals surface area contributed by atoms with E-state index in [2.05, 4.69) is 20.7 Å². The Balaban J connectivity index is 2.46. The largest absolute Gasteiger partial charge is 0.493 e. The third-order valence-corrected chi connectivity index (χ3v) is 5.44. The molecule has 0 aromatic heterocycles. The number of anilines is 1. The van der Waals surface area contributed by atoms with Crippen LogP contribution in [0.25, 0.3) is 0 Å². The highest BCUT2D eigenvalue weighted by Crippen LogP contribution is 2.40. The van der Waals surface area contributed by atoms with Gasteiger partial charge >= 0.3 is 0 Å². The second kappa shape index (κ2) is 7.10. The minimum absolute atomic E-state index is 0.133. The van der Waals surface area contributed by atoms with Gasteiger partial charge in [0.2, 0.25) is 5.75 Å². The average Bonchev–Trinajstić information content (AvgIpc) is 2.53. The quantitative estimate of drug-likeness (QED) is 0.803. The normalized spacial score (nSPS) is 11.0. The zero-order valence-electron chi connectivity index (χ0n) is 12.8. The first-order valence-corrected chi connectivity index (χ1v) is 8.78. The zero-order chi connectivity index (χ0) is 17.0. The standard InChI is InChI=1S/C15H16BrNO5S/c1-20-12-8-10(9-13(21-2)15(12)22-3)17-23(18,19)14-7-5-4-6-11(14)16/h4-9,17H,1-3H3. The van der Waals surface area contributed by atoms with Gasteiger partial charge in [-0.05, 0) is 28.1 Å². The Hall–Kier alpha value is -1.93. The maximum atomic E-state index is 12.5. The van der Waals surface area contributed by atoms with E-state index in [1.54, 1.807) is 18.2 Å². The van der Waals surface area contributed by atoms with E-state index in [1.807, 2.05) is 0 Å². The van der Waals surface area contributed by atoms with Crippen LogP contribution in [0.15, 0.2) is 45.8 Å². The Morgan fingerprint density at radius 2 is 1.52 bits per heavy atom. The molecule has 0 unspecified atom stereocenters. The van der Waals surface area contributed by atoms with Gasteiger partial charge in [-0.25, -0.2) is 8.42 Å². The summed E-state index contributed by atoms with van der Waals surface area (Å²) in [4.78, 5) is 0.133. The molecule has 0 fully saturated rings. The summed E-state index contributed by atoms with van der Waals surface area (Å²) in [5.74, 6) is 1.10. The van der Waals surface area contributed by atoms with Crippen molar-refractivity contribution in [2.75, 3.05) is 26.1 Å². The van der Waals surface area contributed by atoms with E-state index in [-0.39, 0.29) is 4.90 Å². The first-order chi connectivity index (χ1) is 10.9. The van der Waals surface area contributed by atoms with Crippen LogP contribution >= 0.6 is 15.9 Å². The van der Waals surface area contributed by atoms with Gasteiger partial charge in [-0.15, -0.1) is 0 Å². The van der Waals surface area contributed by atoms with Crippen molar-refractivity contribution in [3.63, 3.8) is 0 Å². The topological polar surface area (TPSA) is 73.9 Å². The van der Waals surface area contributed by atoms with Gasteiger partial charge in [0.05, 0.1) is 27.0 Å². The van der Waals surface area contributed by atoms with Crippen molar-refractivity contribution in [3.8, 4) is 17.2 Å². The SMILES string of the molecule is COc1cc(NS(=O)(=O)c2ccccc2Br)cc(OC)c1OC. The summed E-state index contributed by atoms with van der Waals surface area (Å²) < 4.78 is 43.7. The summed E-state index contributed by atoms with van der Waals surface area (Å²) in [6.45, 7) is 0. The molecule has 0 aliphatic rings. The van der Waals surface area contributed by atoms with Crippen LogP contribution in [-0.2, 0) is 10.0 Å². The number of hydrogen-bond acceptors (Lipinski definition) is 5. The van der Waals surface area contributed by atoms with Crippen molar-refractivity contribution >= 4 is 31.6 Å². The molecule has 8 heteroatoms. The summed E-state index contributed by atoms with van der Waals surface area (Å²) >= 11 is 3.24. The van der Waals surface area contributed by atoms with Gasteiger partial charge in [0.1, 0.15) is 4.90 Å². The van der Waals surface area contributed by atoms with Crippen LogP contribution in [0, 0.1) is 0 Å². The van der Waals surface area contributed by atoms with Crippen LogP contribution in [0.4, 0.5) is 5.69 Å². The highest BCUT2D eigenvalue weighted by molar-refractivity contribution is 9.10. The third kappa shape index (κ3) is 3.70. The van der Waals surface area contributed by atoms with E-state index in [0.717, 1.165) is 0 Å². The molecule has 2 aromatic carbocycles. The fourth-order valence-corrected chi connectivity index (χ4v) is 4.06. The molecule has 6 nitrogen and oxygen atoms in total. The molecule has 0 spiro atoms. The molecular formula is C15H16BrNO5S. The lowest BCUT2D eigenvalue weighted by Gasteiger charge is -2.15. The Bertz CT molecular complexity index is 782. The minimum Gasteiger partial charge on any atom is -0.493 e. The molecular weight excluding hydrogens is 386 g/mol. The van der Waals surface area contributed by atoms with Crippen molar-refractivity contribution < 1.29 is 22.6 Å². The van der Waals surface area contributed by atoms with Crippen LogP contribution in [0.1, 0.15) is 0 Å². The first kappa shape index (κ1) is 17.4. The number of ether oxygens (including phenoxy) is 3. The summed E-state index contributed by atoms with van der Waals surface area (Å²) in [6, 6.07) is 9.59. The molecule has 0 saturated carbocycles. The predicted molar refractivity (Wildman–Crippen MR) is 91.0 cm³/mol. The summed E-state index contributed by atoms with van der Waals surface area (Å²) in [5, 5.41) is 0. The Morgan fingerprint density at radius 3 is 2.00 bits per heavy atom. The fraction of sp³-hybridized carbons (Fsp3) is 0.200. The van der Waals surface area contributed by atoms with E-state index in [1.165, 1.54) is 39.5 Å². The first-order valence-electron chi connectivity index (χ1n) is 6.50. The van der Waals surface area contributed by atoms with Gasteiger partial charge in [0.15, 0.2) is 11.5 Å². The predicted octanol–water partition coefficient (Wildman–Crippen LogP) is 3.28. The maximum Gasteiger partial charge on any atom is 0.263 e. The molecule has 2 rings (SSSR count). The molecule has 0 radical (unpaired) electrons. The van der Waals surface area contributed by atoms with E-state index in [9.17, 15) is 8.42 Å². The van der Waals surface area contributed by atoms with Crippen LogP contribution in [0.3, 0.4) is 0 Å². The molecule has 0 atom stereocenters. The summed E-state index contributed by atoms with van der Waals surface area (Å²) in [7, 11) is 0.638. The number of rotatable bonds is 6. The molecule has 0 heterocycles. The van der Waals surface area contributed by atoms with E-state index in [0.29, 0.717) is 27.4 Å². The molecule has 23 heavy (non-hydrogen) atoms. The van der Waals surface area contributed by atoms with E-state index < -0.39 is 10.0 Å². The second-order valence-electron chi connectivity index (χ2n) is 4.45. The van der Waals surface area contributed by atoms with E-state index >= 15 is 0 Å². The van der Waals surface area contributed by atoms with Crippen molar-refractivity contribution in [2.24, 2.45) is 0 Å². The van der Waals surface area contributed by atoms with Gasteiger partial charge in [-0.1, -0.05) is 12.1 Å². The van der Waals surface area contributed by atoms with Gasteiger partial charge in [0, 0.05) is 16.6 Å². The Morgan fingerprint density at radius 1 is 0.957 bits per heavy atom. The number of nitrogens with one attached hydrogen (secondary N) is 1. The highest BCUT2D eigenvalue weighted by Gasteiger charge is 2.20. The number of hydrogen-bond donors (Lipinski definition) is 1. The Labute approximate surface area is 143 Å². The summed E-state index contributed by atoms with van der Waals surface area (Å²) in [5.41, 5.74) is 0.301. The van der Waals surface area contributed by atoms with E-state index in [4.69, 9.17) is 14.2 Å². The maximum absolute atomic E-state index is 12.5. The van der Waals surface area contributed by atoms with Gasteiger partial charge in [-0.3, -0.25) is 4.72 Å². The molecule has 0 bridgehead atoms. The van der Waals surface area contributed by atoms with Crippen molar-refractivity contribution in [3.05, 3.63) is 40.9 Å². The molecule has 2 aromatic rings. The van der Waals surface area contributed by atoms with Gasteiger partial charge in [-0.2, -0.15) is 0 Å². The lowest BCUT2D eigenvalue weighted by molar-refractivity contribution is 0.325. The van der Waals surface area contributed by atoms with Crippen molar-refractivity contribution in [1.29, 1.82) is 0 Å². The molecule has 1 N–H and O–H groups in total. The van der Waals surface area contributed by atoms with Crippen LogP contribution in [0.5, 0.6) is 17.2 Å². The lowest BCUT2D eigenvalue weighted by Crippen LogP contribution is -2.13. The van der Waals surface area contributed by atoms with Gasteiger partial charge in [0.25, 0.3) is 10.0 Å². The zero-order valence-corrected chi connectivity index (χ0v) is 15.2. The van der Waals surface area contributed by atoms with Crippen LogP contribution in [-0.4, -0.2) is 29.7 Å². The summed E-state index contributed by atoms with van der Waals surface area (Å²) in [6.07, 6.45) is 0. The highest BCUT2D eigenvalue weighted by atomic mass is 79.9. The number of halogens is 1. The minimum atomic E-state index is -3.76. The number of sulfonamides is 1. The third-order valence-electron chi connectivity index (χ3n) is 3.04. The molecule has 0 aliphatic heterocycles. The number of benzene rings is 2. The average molecular weight is 402 g/mol. The fourth-order valence-electron chi connectivity index (χ4n) is 2.01. The van der Waals surface area contributed by atoms with Crippen molar-refractivity contribution in [2.45, 2.75) is 4.90 Å². The molecule has 0 aliphatic carbocycles. The lowest BCUT2D eigenvalue weighted by atomic mass is 10.2. The van der Waals surface area contributed by atoms with Crippen LogP contribution < -0.4 is 18.9 Å².